The van der Waals surface area contributed by atoms with Crippen LogP contribution >= 0.6 is 0 Å². The molecule has 2 rings (SSSR count). The van der Waals surface area contributed by atoms with Gasteiger partial charge in [-0.05, 0) is 30.2 Å². The molecule has 2 aromatic rings. The van der Waals surface area contributed by atoms with E-state index in [0.29, 0.717) is 11.4 Å². The van der Waals surface area contributed by atoms with E-state index in [0.717, 1.165) is 11.1 Å². The van der Waals surface area contributed by atoms with Crippen molar-refractivity contribution in [3.05, 3.63) is 59.7 Å². The summed E-state index contributed by atoms with van der Waals surface area (Å²) in [6.45, 7) is 3.39. The van der Waals surface area contributed by atoms with Crippen molar-refractivity contribution in [1.29, 1.82) is 0 Å². The van der Waals surface area contributed by atoms with Gasteiger partial charge in [0.25, 0.3) is 0 Å². The number of hydrogen-bond donors (Lipinski definition) is 2. The number of ether oxygens (including phenoxy) is 1. The first-order valence-electron chi connectivity index (χ1n) is 7.76. The maximum absolute atomic E-state index is 12.4. The molecule has 2 N–H and O–H groups in total. The highest BCUT2D eigenvalue weighted by molar-refractivity contribution is 5.93. The van der Waals surface area contributed by atoms with Crippen LogP contribution in [0.1, 0.15) is 30.5 Å². The zero-order valence-corrected chi connectivity index (χ0v) is 14.1. The van der Waals surface area contributed by atoms with Gasteiger partial charge in [-0.1, -0.05) is 36.4 Å². The Labute approximate surface area is 142 Å². The van der Waals surface area contributed by atoms with Crippen LogP contribution in [0.4, 0.5) is 5.69 Å². The van der Waals surface area contributed by atoms with Gasteiger partial charge in [0.05, 0.1) is 25.3 Å². The lowest BCUT2D eigenvalue weighted by Gasteiger charge is -2.18. The Morgan fingerprint density at radius 2 is 1.83 bits per heavy atom. The molecule has 0 radical (unpaired) electrons. The Morgan fingerprint density at radius 3 is 2.46 bits per heavy atom. The number of benzene rings is 2. The Balaban J connectivity index is 2.13. The number of carbonyl (C=O) groups excluding carboxylic acids is 2. The summed E-state index contributed by atoms with van der Waals surface area (Å²) >= 11 is 0. The second-order valence-corrected chi connectivity index (χ2v) is 5.62. The molecule has 0 aromatic heterocycles. The van der Waals surface area contributed by atoms with E-state index in [1.165, 1.54) is 6.92 Å². The van der Waals surface area contributed by atoms with Crippen molar-refractivity contribution in [2.24, 2.45) is 0 Å². The van der Waals surface area contributed by atoms with Crippen molar-refractivity contribution in [2.75, 3.05) is 12.4 Å². The molecule has 126 valence electrons. The largest absolute Gasteiger partial charge is 0.495 e. The molecule has 5 heteroatoms. The molecule has 0 saturated carbocycles. The van der Waals surface area contributed by atoms with Crippen LogP contribution in [-0.4, -0.2) is 18.9 Å². The van der Waals surface area contributed by atoms with Gasteiger partial charge >= 0.3 is 0 Å². The molecule has 0 aliphatic heterocycles. The first kappa shape index (κ1) is 17.5. The highest BCUT2D eigenvalue weighted by Gasteiger charge is 2.18. The van der Waals surface area contributed by atoms with Gasteiger partial charge in [-0.2, -0.15) is 0 Å². The SMILES string of the molecule is COc1ccc(C)cc1NC(=O)C[C@@H](NC(C)=O)c1ccccc1. The van der Waals surface area contributed by atoms with Gasteiger partial charge in [0.1, 0.15) is 5.75 Å². The zero-order valence-electron chi connectivity index (χ0n) is 14.1. The molecule has 0 spiro atoms. The predicted octanol–water partition coefficient (Wildman–Crippen LogP) is 3.21. The number of carbonyl (C=O) groups is 2. The standard InChI is InChI=1S/C19H22N2O3/c1-13-9-10-18(24-3)17(11-13)21-19(23)12-16(20-14(2)22)15-7-5-4-6-8-15/h4-11,16H,12H2,1-3H3,(H,20,22)(H,21,23)/t16-/m1/s1. The van der Waals surface area contributed by atoms with Crippen molar-refractivity contribution in [2.45, 2.75) is 26.3 Å². The minimum atomic E-state index is -0.375. The molecule has 0 saturated heterocycles. The molecule has 1 atom stereocenters. The number of anilines is 1. The van der Waals surface area contributed by atoms with Crippen LogP contribution in [0.5, 0.6) is 5.75 Å². The average Bonchev–Trinajstić information content (AvgIpc) is 2.55. The maximum Gasteiger partial charge on any atom is 0.226 e. The second-order valence-electron chi connectivity index (χ2n) is 5.62. The normalized spacial score (nSPS) is 11.5. The number of hydrogen-bond acceptors (Lipinski definition) is 3. The van der Waals surface area contributed by atoms with E-state index in [1.807, 2.05) is 55.5 Å². The second kappa shape index (κ2) is 8.15. The Hall–Kier alpha value is -2.82. The zero-order chi connectivity index (χ0) is 17.5. The van der Waals surface area contributed by atoms with Gasteiger partial charge in [-0.3, -0.25) is 9.59 Å². The van der Waals surface area contributed by atoms with Crippen LogP contribution in [0.25, 0.3) is 0 Å². The number of methoxy groups -OCH3 is 1. The molecule has 0 fully saturated rings. The number of nitrogens with one attached hydrogen (secondary N) is 2. The fraction of sp³-hybridized carbons (Fsp3) is 0.263. The molecule has 0 bridgehead atoms. The quantitative estimate of drug-likeness (QED) is 0.856. The van der Waals surface area contributed by atoms with Crippen molar-refractivity contribution in [1.82, 2.24) is 5.32 Å². The van der Waals surface area contributed by atoms with E-state index in [2.05, 4.69) is 10.6 Å². The Morgan fingerprint density at radius 1 is 1.12 bits per heavy atom. The van der Waals surface area contributed by atoms with E-state index in [-0.39, 0.29) is 24.3 Å². The lowest BCUT2D eigenvalue weighted by Crippen LogP contribution is -2.29. The highest BCUT2D eigenvalue weighted by atomic mass is 16.5. The van der Waals surface area contributed by atoms with Gasteiger partial charge in [0.2, 0.25) is 11.8 Å². The number of amides is 2. The van der Waals surface area contributed by atoms with Crippen LogP contribution < -0.4 is 15.4 Å². The Bertz CT molecular complexity index is 714. The summed E-state index contributed by atoms with van der Waals surface area (Å²) in [7, 11) is 1.56. The third kappa shape index (κ3) is 4.84. The summed E-state index contributed by atoms with van der Waals surface area (Å²) < 4.78 is 5.27. The minimum Gasteiger partial charge on any atom is -0.495 e. The van der Waals surface area contributed by atoms with Gasteiger partial charge in [0, 0.05) is 6.92 Å². The van der Waals surface area contributed by atoms with E-state index in [1.54, 1.807) is 7.11 Å². The van der Waals surface area contributed by atoms with Crippen molar-refractivity contribution >= 4 is 17.5 Å². The molecule has 0 unspecified atom stereocenters. The van der Waals surface area contributed by atoms with Crippen LogP contribution in [0.2, 0.25) is 0 Å². The van der Waals surface area contributed by atoms with E-state index in [9.17, 15) is 9.59 Å². The third-order valence-electron chi connectivity index (χ3n) is 3.60. The molecule has 0 aliphatic rings. The first-order chi connectivity index (χ1) is 11.5. The van der Waals surface area contributed by atoms with Gasteiger partial charge in [-0.15, -0.1) is 0 Å². The lowest BCUT2D eigenvalue weighted by molar-refractivity contribution is -0.120. The number of aryl methyl sites for hydroxylation is 1. The van der Waals surface area contributed by atoms with Gasteiger partial charge < -0.3 is 15.4 Å². The smallest absolute Gasteiger partial charge is 0.226 e. The fourth-order valence-corrected chi connectivity index (χ4v) is 2.49. The predicted molar refractivity (Wildman–Crippen MR) is 94.0 cm³/mol. The molecule has 2 aromatic carbocycles. The molecule has 24 heavy (non-hydrogen) atoms. The summed E-state index contributed by atoms with van der Waals surface area (Å²) in [5.41, 5.74) is 2.53. The van der Waals surface area contributed by atoms with Gasteiger partial charge in [-0.25, -0.2) is 0 Å². The maximum atomic E-state index is 12.4. The minimum absolute atomic E-state index is 0.140. The van der Waals surface area contributed by atoms with Crippen molar-refractivity contribution in [3.8, 4) is 5.75 Å². The molecule has 5 nitrogen and oxygen atoms in total. The van der Waals surface area contributed by atoms with Crippen LogP contribution in [0, 0.1) is 6.92 Å². The highest BCUT2D eigenvalue weighted by Crippen LogP contribution is 2.26. The third-order valence-corrected chi connectivity index (χ3v) is 3.60. The van der Waals surface area contributed by atoms with Crippen molar-refractivity contribution in [3.63, 3.8) is 0 Å². The lowest BCUT2D eigenvalue weighted by atomic mass is 10.0. The summed E-state index contributed by atoms with van der Waals surface area (Å²) in [6, 6.07) is 14.6. The molecule has 2 amide bonds. The number of rotatable bonds is 6. The summed E-state index contributed by atoms with van der Waals surface area (Å²) in [4.78, 5) is 23.9. The fourth-order valence-electron chi connectivity index (χ4n) is 2.49. The summed E-state index contributed by atoms with van der Waals surface area (Å²) in [5, 5.41) is 5.68. The van der Waals surface area contributed by atoms with Crippen LogP contribution in [0.3, 0.4) is 0 Å². The first-order valence-corrected chi connectivity index (χ1v) is 7.76. The molecule has 0 heterocycles. The topological polar surface area (TPSA) is 67.4 Å². The van der Waals surface area contributed by atoms with Crippen molar-refractivity contribution < 1.29 is 14.3 Å². The summed E-state index contributed by atoms with van der Waals surface area (Å²) in [6.07, 6.45) is 0.140. The van der Waals surface area contributed by atoms with Crippen LogP contribution in [0.15, 0.2) is 48.5 Å². The van der Waals surface area contributed by atoms with E-state index >= 15 is 0 Å². The van der Waals surface area contributed by atoms with Crippen LogP contribution in [-0.2, 0) is 9.59 Å². The molecular formula is C19H22N2O3. The molecule has 0 aliphatic carbocycles. The van der Waals surface area contributed by atoms with E-state index < -0.39 is 0 Å². The monoisotopic (exact) mass is 326 g/mol. The average molecular weight is 326 g/mol. The summed E-state index contributed by atoms with van der Waals surface area (Å²) in [5.74, 6) is 0.232. The van der Waals surface area contributed by atoms with E-state index in [4.69, 9.17) is 4.74 Å². The Kier molecular flexibility index (Phi) is 5.95. The molecular weight excluding hydrogens is 304 g/mol. The van der Waals surface area contributed by atoms with Gasteiger partial charge in [0.15, 0.2) is 0 Å².